The van der Waals surface area contributed by atoms with Crippen LogP contribution in [-0.2, 0) is 0 Å². The first-order chi connectivity index (χ1) is 6.24. The van der Waals surface area contributed by atoms with E-state index in [1.54, 1.807) is 12.3 Å². The zero-order chi connectivity index (χ0) is 9.68. The average Bonchev–Trinajstić information content (AvgIpc) is 2.09. The zero-order valence-corrected chi connectivity index (χ0v) is 7.70. The van der Waals surface area contributed by atoms with Gasteiger partial charge in [0.15, 0.2) is 0 Å². The molecule has 0 amide bonds. The van der Waals surface area contributed by atoms with Crippen molar-refractivity contribution >= 4 is 6.21 Å². The number of aliphatic imine (C=N–C) groups is 1. The Labute approximate surface area is 77.9 Å². The van der Waals surface area contributed by atoms with Crippen molar-refractivity contribution in [3.05, 3.63) is 29.3 Å². The largest absolute Gasteiger partial charge is 0.507 e. The minimum absolute atomic E-state index is 0.265. The van der Waals surface area contributed by atoms with E-state index in [1.165, 1.54) is 0 Å². The molecule has 0 radical (unpaired) electrons. The summed E-state index contributed by atoms with van der Waals surface area (Å²) >= 11 is 0. The number of phenolic OH excluding ortho intramolecular Hbond substituents is 1. The second-order valence-corrected chi connectivity index (χ2v) is 2.89. The fourth-order valence-corrected chi connectivity index (χ4v) is 1.00. The quantitative estimate of drug-likeness (QED) is 0.680. The molecule has 3 N–H and O–H groups in total. The first kappa shape index (κ1) is 9.74. The number of phenols is 1. The van der Waals surface area contributed by atoms with Crippen molar-refractivity contribution in [3.8, 4) is 5.75 Å². The first-order valence-electron chi connectivity index (χ1n) is 4.23. The number of rotatable bonds is 3. The van der Waals surface area contributed by atoms with Gasteiger partial charge in [0.25, 0.3) is 0 Å². The number of nitrogens with two attached hydrogens (primary N) is 1. The van der Waals surface area contributed by atoms with Crippen molar-refractivity contribution in [1.82, 2.24) is 0 Å². The molecular weight excluding hydrogens is 164 g/mol. The molecule has 3 heteroatoms. The Kier molecular flexibility index (Phi) is 3.46. The fourth-order valence-electron chi connectivity index (χ4n) is 1.00. The molecule has 0 saturated carbocycles. The number of benzene rings is 1. The molecule has 1 aromatic rings. The Morgan fingerprint density at radius 1 is 1.54 bits per heavy atom. The maximum Gasteiger partial charge on any atom is 0.124 e. The van der Waals surface area contributed by atoms with Gasteiger partial charge in [0.1, 0.15) is 5.75 Å². The second kappa shape index (κ2) is 4.62. The normalized spacial score (nSPS) is 10.9. The van der Waals surface area contributed by atoms with Crippen molar-refractivity contribution in [2.75, 3.05) is 13.1 Å². The Morgan fingerprint density at radius 3 is 2.92 bits per heavy atom. The molecule has 3 nitrogen and oxygen atoms in total. The topological polar surface area (TPSA) is 58.6 Å². The summed E-state index contributed by atoms with van der Waals surface area (Å²) in [4.78, 5) is 4.04. The van der Waals surface area contributed by atoms with Gasteiger partial charge in [0, 0.05) is 18.3 Å². The van der Waals surface area contributed by atoms with Gasteiger partial charge < -0.3 is 10.8 Å². The molecule has 0 spiro atoms. The van der Waals surface area contributed by atoms with Gasteiger partial charge in [-0.15, -0.1) is 0 Å². The summed E-state index contributed by atoms with van der Waals surface area (Å²) in [5, 5.41) is 9.47. The molecule has 0 saturated heterocycles. The van der Waals surface area contributed by atoms with Crippen LogP contribution in [0.15, 0.2) is 23.2 Å². The lowest BCUT2D eigenvalue weighted by molar-refractivity contribution is 0.474. The third kappa shape index (κ3) is 2.87. The molecule has 0 aliphatic heterocycles. The van der Waals surface area contributed by atoms with Crippen LogP contribution in [0.4, 0.5) is 0 Å². The van der Waals surface area contributed by atoms with E-state index in [1.807, 2.05) is 19.1 Å². The summed E-state index contributed by atoms with van der Waals surface area (Å²) in [7, 11) is 0. The maximum absolute atomic E-state index is 9.47. The molecule has 0 bridgehead atoms. The third-order valence-corrected chi connectivity index (χ3v) is 1.67. The van der Waals surface area contributed by atoms with Crippen LogP contribution in [0.25, 0.3) is 0 Å². The molecule has 0 unspecified atom stereocenters. The van der Waals surface area contributed by atoms with Crippen LogP contribution in [0.3, 0.4) is 0 Å². The van der Waals surface area contributed by atoms with E-state index < -0.39 is 0 Å². The first-order valence-corrected chi connectivity index (χ1v) is 4.23. The smallest absolute Gasteiger partial charge is 0.124 e. The van der Waals surface area contributed by atoms with Crippen molar-refractivity contribution in [3.63, 3.8) is 0 Å². The second-order valence-electron chi connectivity index (χ2n) is 2.89. The molecule has 70 valence electrons. The Balaban J connectivity index is 2.77. The Bertz CT molecular complexity index is 308. The van der Waals surface area contributed by atoms with E-state index >= 15 is 0 Å². The van der Waals surface area contributed by atoms with Gasteiger partial charge in [-0.25, -0.2) is 0 Å². The van der Waals surface area contributed by atoms with Gasteiger partial charge in [0.2, 0.25) is 0 Å². The monoisotopic (exact) mass is 178 g/mol. The summed E-state index contributed by atoms with van der Waals surface area (Å²) in [6, 6.07) is 5.48. The standard InChI is InChI=1S/C10H14N2O/c1-8-2-3-9(10(13)6-8)7-12-5-4-11/h2-3,6-7,13H,4-5,11H2,1H3. The number of hydrogen-bond acceptors (Lipinski definition) is 3. The molecule has 0 atom stereocenters. The van der Waals surface area contributed by atoms with Gasteiger partial charge in [0.05, 0.1) is 6.54 Å². The van der Waals surface area contributed by atoms with Crippen molar-refractivity contribution < 1.29 is 5.11 Å². The highest BCUT2D eigenvalue weighted by Crippen LogP contribution is 2.15. The molecule has 1 aromatic carbocycles. The van der Waals surface area contributed by atoms with Gasteiger partial charge in [-0.1, -0.05) is 6.07 Å². The van der Waals surface area contributed by atoms with Crippen LogP contribution in [0.2, 0.25) is 0 Å². The molecule has 0 heterocycles. The number of nitrogens with zero attached hydrogens (tertiary/aromatic N) is 1. The minimum Gasteiger partial charge on any atom is -0.507 e. The Morgan fingerprint density at radius 2 is 2.31 bits per heavy atom. The molecule has 13 heavy (non-hydrogen) atoms. The summed E-state index contributed by atoms with van der Waals surface area (Å²) in [6.07, 6.45) is 1.64. The lowest BCUT2D eigenvalue weighted by atomic mass is 10.1. The van der Waals surface area contributed by atoms with Crippen LogP contribution in [-0.4, -0.2) is 24.4 Å². The summed E-state index contributed by atoms with van der Waals surface area (Å²) < 4.78 is 0. The third-order valence-electron chi connectivity index (χ3n) is 1.67. The zero-order valence-electron chi connectivity index (χ0n) is 7.70. The van der Waals surface area contributed by atoms with Crippen LogP contribution >= 0.6 is 0 Å². The number of aromatic hydroxyl groups is 1. The van der Waals surface area contributed by atoms with Crippen molar-refractivity contribution in [1.29, 1.82) is 0 Å². The molecule has 0 aromatic heterocycles. The highest BCUT2D eigenvalue weighted by Gasteiger charge is 1.96. The van der Waals surface area contributed by atoms with E-state index in [9.17, 15) is 5.11 Å². The van der Waals surface area contributed by atoms with Crippen LogP contribution in [0.1, 0.15) is 11.1 Å². The van der Waals surface area contributed by atoms with E-state index in [-0.39, 0.29) is 5.75 Å². The van der Waals surface area contributed by atoms with Crippen LogP contribution in [0.5, 0.6) is 5.75 Å². The molecule has 0 aliphatic rings. The summed E-state index contributed by atoms with van der Waals surface area (Å²) in [5.41, 5.74) is 7.05. The van der Waals surface area contributed by atoms with E-state index in [4.69, 9.17) is 5.73 Å². The predicted molar refractivity (Wildman–Crippen MR) is 54.4 cm³/mol. The van der Waals surface area contributed by atoms with Gasteiger partial charge in [-0.05, 0) is 24.6 Å². The molecular formula is C10H14N2O. The van der Waals surface area contributed by atoms with Crippen molar-refractivity contribution in [2.24, 2.45) is 10.7 Å². The van der Waals surface area contributed by atoms with E-state index in [0.717, 1.165) is 11.1 Å². The Hall–Kier alpha value is -1.35. The predicted octanol–water partition coefficient (Wildman–Crippen LogP) is 1.08. The lowest BCUT2D eigenvalue weighted by Crippen LogP contribution is -2.02. The fraction of sp³-hybridized carbons (Fsp3) is 0.300. The molecule has 0 fully saturated rings. The van der Waals surface area contributed by atoms with E-state index in [2.05, 4.69) is 4.99 Å². The highest BCUT2D eigenvalue weighted by atomic mass is 16.3. The molecule has 1 rings (SSSR count). The minimum atomic E-state index is 0.265. The number of aryl methyl sites for hydroxylation is 1. The van der Waals surface area contributed by atoms with Gasteiger partial charge in [-0.3, -0.25) is 4.99 Å². The number of hydrogen-bond donors (Lipinski definition) is 2. The maximum atomic E-state index is 9.47. The van der Waals surface area contributed by atoms with Crippen LogP contribution < -0.4 is 5.73 Å². The average molecular weight is 178 g/mol. The summed E-state index contributed by atoms with van der Waals surface area (Å²) in [5.74, 6) is 0.265. The summed E-state index contributed by atoms with van der Waals surface area (Å²) in [6.45, 7) is 3.05. The van der Waals surface area contributed by atoms with Gasteiger partial charge in [-0.2, -0.15) is 0 Å². The van der Waals surface area contributed by atoms with Crippen molar-refractivity contribution in [2.45, 2.75) is 6.92 Å². The van der Waals surface area contributed by atoms with Crippen LogP contribution in [0, 0.1) is 6.92 Å². The highest BCUT2D eigenvalue weighted by molar-refractivity contribution is 5.83. The van der Waals surface area contributed by atoms with Gasteiger partial charge >= 0.3 is 0 Å². The van der Waals surface area contributed by atoms with E-state index in [0.29, 0.717) is 13.1 Å². The molecule has 0 aliphatic carbocycles. The SMILES string of the molecule is Cc1ccc(C=NCCN)c(O)c1. The lowest BCUT2D eigenvalue weighted by Gasteiger charge is -1.99.